The number of nitrogen functional groups attached to an aromatic ring is 1. The van der Waals surface area contributed by atoms with E-state index in [2.05, 4.69) is 6.92 Å². The molecule has 0 aromatic heterocycles. The minimum atomic E-state index is -3.46. The molecule has 112 valence electrons. The lowest BCUT2D eigenvalue weighted by Crippen LogP contribution is -2.40. The van der Waals surface area contributed by atoms with Crippen LogP contribution in [0.5, 0.6) is 0 Å². The second kappa shape index (κ2) is 5.74. The Bertz CT molecular complexity index is 584. The molecule has 2 rings (SSSR count). The van der Waals surface area contributed by atoms with Gasteiger partial charge in [0, 0.05) is 18.8 Å². The van der Waals surface area contributed by atoms with Gasteiger partial charge in [-0.2, -0.15) is 4.31 Å². The van der Waals surface area contributed by atoms with E-state index in [4.69, 9.17) is 5.73 Å². The molecule has 5 heteroatoms. The Morgan fingerprint density at radius 3 is 2.65 bits per heavy atom. The van der Waals surface area contributed by atoms with Gasteiger partial charge in [0.1, 0.15) is 0 Å². The summed E-state index contributed by atoms with van der Waals surface area (Å²) in [6, 6.07) is 5.16. The molecule has 0 spiro atoms. The minimum Gasteiger partial charge on any atom is -0.399 e. The second-order valence-electron chi connectivity index (χ2n) is 5.97. The van der Waals surface area contributed by atoms with E-state index in [1.54, 1.807) is 29.6 Å². The highest BCUT2D eigenvalue weighted by molar-refractivity contribution is 7.89. The van der Waals surface area contributed by atoms with Gasteiger partial charge in [-0.1, -0.05) is 25.8 Å². The van der Waals surface area contributed by atoms with Crippen molar-refractivity contribution in [2.75, 3.05) is 12.8 Å². The Labute approximate surface area is 122 Å². The highest BCUT2D eigenvalue weighted by atomic mass is 32.2. The lowest BCUT2D eigenvalue weighted by molar-refractivity contribution is 0.239. The topological polar surface area (TPSA) is 63.4 Å². The third kappa shape index (κ3) is 2.99. The van der Waals surface area contributed by atoms with Gasteiger partial charge in [0.25, 0.3) is 0 Å². The maximum atomic E-state index is 12.8. The zero-order chi connectivity index (χ0) is 14.9. The lowest BCUT2D eigenvalue weighted by atomic mass is 9.87. The predicted octanol–water partition coefficient (Wildman–Crippen LogP) is 2.78. The van der Waals surface area contributed by atoms with Crippen LogP contribution in [0.4, 0.5) is 5.69 Å². The number of nitrogens with two attached hydrogens (primary N) is 1. The quantitative estimate of drug-likeness (QED) is 0.872. The van der Waals surface area contributed by atoms with E-state index < -0.39 is 10.0 Å². The SMILES string of the molecule is Cc1ccc(N)cc1S(=O)(=O)N(C)C1CCCC(C)C1. The van der Waals surface area contributed by atoms with Gasteiger partial charge >= 0.3 is 0 Å². The largest absolute Gasteiger partial charge is 0.399 e. The van der Waals surface area contributed by atoms with Gasteiger partial charge in [0.15, 0.2) is 0 Å². The molecular formula is C15H24N2O2S. The van der Waals surface area contributed by atoms with Crippen LogP contribution in [0.2, 0.25) is 0 Å². The van der Waals surface area contributed by atoms with Crippen molar-refractivity contribution in [3.8, 4) is 0 Å². The first kappa shape index (κ1) is 15.3. The first-order chi connectivity index (χ1) is 9.32. The van der Waals surface area contributed by atoms with Crippen LogP contribution >= 0.6 is 0 Å². The maximum absolute atomic E-state index is 12.8. The molecule has 2 unspecified atom stereocenters. The van der Waals surface area contributed by atoms with E-state index in [0.717, 1.165) is 24.8 Å². The maximum Gasteiger partial charge on any atom is 0.243 e. The van der Waals surface area contributed by atoms with Crippen LogP contribution in [-0.4, -0.2) is 25.8 Å². The van der Waals surface area contributed by atoms with Crippen molar-refractivity contribution in [1.82, 2.24) is 4.31 Å². The Morgan fingerprint density at radius 2 is 2.00 bits per heavy atom. The standard InChI is InChI=1S/C15H24N2O2S/c1-11-5-4-6-14(9-11)17(3)20(18,19)15-10-13(16)8-7-12(15)2/h7-8,10-11,14H,4-6,9,16H2,1-3H3. The minimum absolute atomic E-state index is 0.101. The highest BCUT2D eigenvalue weighted by Crippen LogP contribution is 2.31. The number of aryl methyl sites for hydroxylation is 1. The molecule has 0 bridgehead atoms. The van der Waals surface area contributed by atoms with E-state index in [0.29, 0.717) is 16.5 Å². The zero-order valence-electron chi connectivity index (χ0n) is 12.5. The van der Waals surface area contributed by atoms with Crippen LogP contribution in [0.3, 0.4) is 0 Å². The smallest absolute Gasteiger partial charge is 0.243 e. The van der Waals surface area contributed by atoms with Crippen molar-refractivity contribution in [3.05, 3.63) is 23.8 Å². The van der Waals surface area contributed by atoms with Crippen molar-refractivity contribution in [3.63, 3.8) is 0 Å². The van der Waals surface area contributed by atoms with Crippen molar-refractivity contribution in [2.45, 2.75) is 50.5 Å². The van der Waals surface area contributed by atoms with Gasteiger partial charge in [-0.05, 0) is 43.4 Å². The van der Waals surface area contributed by atoms with E-state index in [1.807, 2.05) is 6.92 Å². The van der Waals surface area contributed by atoms with Gasteiger partial charge < -0.3 is 5.73 Å². The van der Waals surface area contributed by atoms with Crippen molar-refractivity contribution >= 4 is 15.7 Å². The average molecular weight is 296 g/mol. The Kier molecular flexibility index (Phi) is 4.39. The molecule has 0 amide bonds. The number of benzene rings is 1. The summed E-state index contributed by atoms with van der Waals surface area (Å²) in [4.78, 5) is 0.332. The fourth-order valence-corrected chi connectivity index (χ4v) is 4.63. The predicted molar refractivity (Wildman–Crippen MR) is 82.0 cm³/mol. The van der Waals surface area contributed by atoms with Crippen LogP contribution in [0, 0.1) is 12.8 Å². The molecule has 1 aromatic rings. The van der Waals surface area contributed by atoms with Gasteiger partial charge in [-0.25, -0.2) is 8.42 Å². The molecule has 2 N–H and O–H groups in total. The monoisotopic (exact) mass is 296 g/mol. The first-order valence-corrected chi connectivity index (χ1v) is 8.60. The number of nitrogens with zero attached hydrogens (tertiary/aromatic N) is 1. The third-order valence-electron chi connectivity index (χ3n) is 4.29. The van der Waals surface area contributed by atoms with Crippen LogP contribution in [0.25, 0.3) is 0 Å². The summed E-state index contributed by atoms with van der Waals surface area (Å²) in [6.07, 6.45) is 4.18. The Morgan fingerprint density at radius 1 is 1.30 bits per heavy atom. The number of sulfonamides is 1. The summed E-state index contributed by atoms with van der Waals surface area (Å²) < 4.78 is 27.1. The van der Waals surface area contributed by atoms with Crippen molar-refractivity contribution < 1.29 is 8.42 Å². The molecule has 0 saturated heterocycles. The lowest BCUT2D eigenvalue weighted by Gasteiger charge is -2.33. The molecule has 1 aromatic carbocycles. The van der Waals surface area contributed by atoms with E-state index in [1.165, 1.54) is 6.42 Å². The molecule has 4 nitrogen and oxygen atoms in total. The second-order valence-corrected chi connectivity index (χ2v) is 7.94. The molecule has 20 heavy (non-hydrogen) atoms. The van der Waals surface area contributed by atoms with Crippen LogP contribution in [-0.2, 0) is 10.0 Å². The van der Waals surface area contributed by atoms with Gasteiger partial charge in [-0.3, -0.25) is 0 Å². The van der Waals surface area contributed by atoms with Gasteiger partial charge in [0.05, 0.1) is 4.90 Å². The van der Waals surface area contributed by atoms with E-state index in [-0.39, 0.29) is 6.04 Å². The first-order valence-electron chi connectivity index (χ1n) is 7.16. The number of anilines is 1. The summed E-state index contributed by atoms with van der Waals surface area (Å²) in [7, 11) is -1.77. The summed E-state index contributed by atoms with van der Waals surface area (Å²) in [5, 5.41) is 0. The molecule has 2 atom stereocenters. The van der Waals surface area contributed by atoms with Crippen LogP contribution in [0.15, 0.2) is 23.1 Å². The molecule has 0 radical (unpaired) electrons. The van der Waals surface area contributed by atoms with Gasteiger partial charge in [-0.15, -0.1) is 0 Å². The zero-order valence-corrected chi connectivity index (χ0v) is 13.3. The van der Waals surface area contributed by atoms with E-state index in [9.17, 15) is 8.42 Å². The van der Waals surface area contributed by atoms with Crippen molar-refractivity contribution in [1.29, 1.82) is 0 Å². The molecular weight excluding hydrogens is 272 g/mol. The van der Waals surface area contributed by atoms with Crippen LogP contribution in [0.1, 0.15) is 38.2 Å². The number of hydrogen-bond acceptors (Lipinski definition) is 3. The molecule has 0 heterocycles. The fraction of sp³-hybridized carbons (Fsp3) is 0.600. The molecule has 1 saturated carbocycles. The van der Waals surface area contributed by atoms with Gasteiger partial charge in [0.2, 0.25) is 10.0 Å². The Balaban J connectivity index is 2.31. The number of hydrogen-bond donors (Lipinski definition) is 1. The Hall–Kier alpha value is -1.07. The summed E-state index contributed by atoms with van der Waals surface area (Å²) >= 11 is 0. The highest BCUT2D eigenvalue weighted by Gasteiger charge is 2.31. The third-order valence-corrected chi connectivity index (χ3v) is 6.34. The van der Waals surface area contributed by atoms with Crippen LogP contribution < -0.4 is 5.73 Å². The summed E-state index contributed by atoms with van der Waals surface area (Å²) in [6.45, 7) is 4.00. The van der Waals surface area contributed by atoms with Crippen molar-refractivity contribution in [2.24, 2.45) is 5.92 Å². The number of rotatable bonds is 3. The fourth-order valence-electron chi connectivity index (χ4n) is 2.98. The molecule has 0 aliphatic heterocycles. The average Bonchev–Trinajstić information content (AvgIpc) is 2.40. The summed E-state index contributed by atoms with van der Waals surface area (Å²) in [5.41, 5.74) is 6.97. The molecule has 1 fully saturated rings. The molecule has 1 aliphatic carbocycles. The molecule has 1 aliphatic rings. The van der Waals surface area contributed by atoms with E-state index >= 15 is 0 Å². The summed E-state index contributed by atoms with van der Waals surface area (Å²) in [5.74, 6) is 0.591. The normalized spacial score (nSPS) is 24.0.